The molecule has 4 aromatic rings. The number of carbonyl (C=O) groups is 1. The first kappa shape index (κ1) is 15.9. The number of ether oxygens (including phenoxy) is 1. The predicted octanol–water partition coefficient (Wildman–Crippen LogP) is 2.70. The largest absolute Gasteiger partial charge is 0.484 e. The lowest BCUT2D eigenvalue weighted by atomic mass is 10.2. The Morgan fingerprint density at radius 3 is 2.88 bits per heavy atom. The fraction of sp³-hybridized carbons (Fsp3) is 0.105. The molecule has 0 spiro atoms. The molecule has 7 nitrogen and oxygen atoms in total. The van der Waals surface area contributed by atoms with Crippen molar-refractivity contribution in [3.8, 4) is 5.75 Å². The Bertz CT molecular complexity index is 1180. The number of hydrogen-bond donors (Lipinski definition) is 1. The maximum atomic E-state index is 12.1. The number of nitrogens with zero attached hydrogens (tertiary/aromatic N) is 2. The van der Waals surface area contributed by atoms with Gasteiger partial charge >= 0.3 is 5.63 Å². The van der Waals surface area contributed by atoms with Gasteiger partial charge in [0.25, 0.3) is 5.91 Å². The molecule has 130 valence electrons. The molecule has 0 saturated heterocycles. The number of nitrogens with one attached hydrogen (secondary N) is 1. The lowest BCUT2D eigenvalue weighted by Crippen LogP contribution is -2.20. The zero-order valence-electron chi connectivity index (χ0n) is 13.9. The van der Waals surface area contributed by atoms with Crippen molar-refractivity contribution >= 4 is 33.5 Å². The molecule has 2 aromatic carbocycles. The van der Waals surface area contributed by atoms with Gasteiger partial charge in [-0.15, -0.1) is 0 Å². The van der Waals surface area contributed by atoms with Crippen LogP contribution in [0, 0.1) is 0 Å². The van der Waals surface area contributed by atoms with Gasteiger partial charge in [-0.25, -0.2) is 4.79 Å². The van der Waals surface area contributed by atoms with E-state index in [1.165, 1.54) is 6.07 Å². The number of aromatic nitrogens is 2. The second-order valence-corrected chi connectivity index (χ2v) is 5.83. The van der Waals surface area contributed by atoms with Crippen LogP contribution in [0.15, 0.2) is 63.9 Å². The lowest BCUT2D eigenvalue weighted by Gasteiger charge is -2.08. The summed E-state index contributed by atoms with van der Waals surface area (Å²) < 4.78 is 12.4. The van der Waals surface area contributed by atoms with Crippen LogP contribution in [-0.2, 0) is 11.8 Å². The minimum absolute atomic E-state index is 0.159. The quantitative estimate of drug-likeness (QED) is 0.573. The van der Waals surface area contributed by atoms with Crippen molar-refractivity contribution in [2.24, 2.45) is 7.05 Å². The van der Waals surface area contributed by atoms with E-state index in [-0.39, 0.29) is 12.5 Å². The third kappa shape index (κ3) is 3.14. The first-order valence-electron chi connectivity index (χ1n) is 7.97. The van der Waals surface area contributed by atoms with Crippen LogP contribution in [0.5, 0.6) is 5.75 Å². The van der Waals surface area contributed by atoms with Gasteiger partial charge in [-0.05, 0) is 36.4 Å². The van der Waals surface area contributed by atoms with Crippen LogP contribution in [0.1, 0.15) is 0 Å². The summed E-state index contributed by atoms with van der Waals surface area (Å²) in [4.78, 5) is 23.4. The van der Waals surface area contributed by atoms with E-state index in [0.29, 0.717) is 17.0 Å². The molecule has 0 saturated carbocycles. The molecule has 0 unspecified atom stereocenters. The monoisotopic (exact) mass is 349 g/mol. The zero-order valence-corrected chi connectivity index (χ0v) is 13.9. The average molecular weight is 349 g/mol. The second-order valence-electron chi connectivity index (χ2n) is 5.83. The summed E-state index contributed by atoms with van der Waals surface area (Å²) in [5, 5.41) is 8.68. The predicted molar refractivity (Wildman–Crippen MR) is 97.3 cm³/mol. The molecular weight excluding hydrogens is 334 g/mol. The third-order valence-electron chi connectivity index (χ3n) is 3.99. The minimum Gasteiger partial charge on any atom is -0.484 e. The molecule has 0 bridgehead atoms. The highest BCUT2D eigenvalue weighted by Crippen LogP contribution is 2.20. The van der Waals surface area contributed by atoms with Gasteiger partial charge in [0.1, 0.15) is 11.3 Å². The first-order chi connectivity index (χ1) is 12.6. The first-order valence-corrected chi connectivity index (χ1v) is 7.97. The highest BCUT2D eigenvalue weighted by atomic mass is 16.5. The number of amides is 1. The van der Waals surface area contributed by atoms with Gasteiger partial charge in [0.15, 0.2) is 6.61 Å². The molecule has 7 heteroatoms. The number of hydrogen-bond acceptors (Lipinski definition) is 5. The third-order valence-corrected chi connectivity index (χ3v) is 3.99. The molecule has 26 heavy (non-hydrogen) atoms. The topological polar surface area (TPSA) is 86.4 Å². The van der Waals surface area contributed by atoms with Gasteiger partial charge in [0.2, 0.25) is 0 Å². The Labute approximate surface area is 147 Å². The van der Waals surface area contributed by atoms with Crippen molar-refractivity contribution < 1.29 is 13.9 Å². The summed E-state index contributed by atoms with van der Waals surface area (Å²) in [5.41, 5.74) is 1.64. The van der Waals surface area contributed by atoms with Gasteiger partial charge in [-0.3, -0.25) is 9.48 Å². The molecule has 0 aliphatic heterocycles. The van der Waals surface area contributed by atoms with E-state index in [0.717, 1.165) is 16.3 Å². The highest BCUT2D eigenvalue weighted by molar-refractivity contribution is 5.94. The molecular formula is C19H15N3O4. The Balaban J connectivity index is 1.43. The van der Waals surface area contributed by atoms with Gasteiger partial charge < -0.3 is 14.5 Å². The summed E-state index contributed by atoms with van der Waals surface area (Å²) in [6.45, 7) is -0.159. The van der Waals surface area contributed by atoms with Gasteiger partial charge in [-0.1, -0.05) is 0 Å². The fourth-order valence-corrected chi connectivity index (χ4v) is 2.72. The molecule has 4 rings (SSSR count). The maximum absolute atomic E-state index is 12.1. The van der Waals surface area contributed by atoms with E-state index >= 15 is 0 Å². The summed E-state index contributed by atoms with van der Waals surface area (Å²) in [6.07, 6.45) is 1.74. The van der Waals surface area contributed by atoms with Crippen molar-refractivity contribution in [3.63, 3.8) is 0 Å². The van der Waals surface area contributed by atoms with Crippen LogP contribution in [-0.4, -0.2) is 22.3 Å². The standard InChI is InChI=1S/C19H15N3O4/c1-22-16-6-4-14(8-13(16)10-20-22)21-18(23)11-25-15-5-2-12-3-7-19(24)26-17(12)9-15/h2-10H,11H2,1H3,(H,21,23). The number of fused-ring (bicyclic) bond motifs is 2. The molecule has 0 fully saturated rings. The fourth-order valence-electron chi connectivity index (χ4n) is 2.72. The minimum atomic E-state index is -0.432. The number of benzene rings is 2. The Kier molecular flexibility index (Phi) is 3.89. The molecule has 2 heterocycles. The normalized spacial score (nSPS) is 11.0. The van der Waals surface area contributed by atoms with Crippen LogP contribution in [0.25, 0.3) is 21.9 Å². The summed E-state index contributed by atoms with van der Waals surface area (Å²) >= 11 is 0. The summed E-state index contributed by atoms with van der Waals surface area (Å²) in [5.74, 6) is 0.160. The van der Waals surface area contributed by atoms with Crippen LogP contribution in [0.2, 0.25) is 0 Å². The van der Waals surface area contributed by atoms with E-state index in [1.807, 2.05) is 25.2 Å². The number of anilines is 1. The molecule has 0 atom stereocenters. The van der Waals surface area contributed by atoms with Crippen LogP contribution >= 0.6 is 0 Å². The van der Waals surface area contributed by atoms with Gasteiger partial charge in [-0.2, -0.15) is 5.10 Å². The summed E-state index contributed by atoms with van der Waals surface area (Å²) in [6, 6.07) is 13.7. The molecule has 1 amide bonds. The summed E-state index contributed by atoms with van der Waals surface area (Å²) in [7, 11) is 1.86. The van der Waals surface area contributed by atoms with Crippen LogP contribution < -0.4 is 15.7 Å². The number of aryl methyl sites for hydroxylation is 1. The number of carbonyl (C=O) groups excluding carboxylic acids is 1. The van der Waals surface area contributed by atoms with Crippen molar-refractivity contribution in [3.05, 3.63) is 65.1 Å². The smallest absolute Gasteiger partial charge is 0.336 e. The van der Waals surface area contributed by atoms with Crippen molar-refractivity contribution in [2.75, 3.05) is 11.9 Å². The van der Waals surface area contributed by atoms with Crippen LogP contribution in [0.3, 0.4) is 0 Å². The Hall–Kier alpha value is -3.61. The number of rotatable bonds is 4. The Morgan fingerprint density at radius 2 is 2.00 bits per heavy atom. The van der Waals surface area contributed by atoms with Crippen molar-refractivity contribution in [1.29, 1.82) is 0 Å². The van der Waals surface area contributed by atoms with E-state index in [2.05, 4.69) is 10.4 Å². The molecule has 2 aromatic heterocycles. The molecule has 0 aliphatic carbocycles. The van der Waals surface area contributed by atoms with Crippen LogP contribution in [0.4, 0.5) is 5.69 Å². The molecule has 1 N–H and O–H groups in total. The average Bonchev–Trinajstić information content (AvgIpc) is 3.00. The zero-order chi connectivity index (χ0) is 18.1. The van der Waals surface area contributed by atoms with E-state index in [9.17, 15) is 9.59 Å². The molecule has 0 aliphatic rings. The van der Waals surface area contributed by atoms with Crippen molar-refractivity contribution in [2.45, 2.75) is 0 Å². The van der Waals surface area contributed by atoms with Gasteiger partial charge in [0, 0.05) is 35.6 Å². The van der Waals surface area contributed by atoms with E-state index in [4.69, 9.17) is 9.15 Å². The maximum Gasteiger partial charge on any atom is 0.336 e. The van der Waals surface area contributed by atoms with E-state index < -0.39 is 5.63 Å². The lowest BCUT2D eigenvalue weighted by molar-refractivity contribution is -0.118. The molecule has 0 radical (unpaired) electrons. The second kappa shape index (κ2) is 6.36. The highest BCUT2D eigenvalue weighted by Gasteiger charge is 2.07. The SMILES string of the molecule is Cn1ncc2cc(NC(=O)COc3ccc4ccc(=O)oc4c3)ccc21. The van der Waals surface area contributed by atoms with E-state index in [1.54, 1.807) is 35.1 Å². The van der Waals surface area contributed by atoms with Crippen molar-refractivity contribution in [1.82, 2.24) is 9.78 Å². The van der Waals surface area contributed by atoms with Gasteiger partial charge in [0.05, 0.1) is 11.7 Å². The Morgan fingerprint density at radius 1 is 1.15 bits per heavy atom.